The molecule has 0 fully saturated rings. The monoisotopic (exact) mass is 475 g/mol. The van der Waals surface area contributed by atoms with Gasteiger partial charge in [-0.15, -0.1) is 11.3 Å². The molecule has 1 aromatic heterocycles. The zero-order chi connectivity index (χ0) is 20.1. The number of thiazole rings is 1. The van der Waals surface area contributed by atoms with Gasteiger partial charge in [-0.3, -0.25) is 10.1 Å². The number of nitrogens with one attached hydrogen (secondary N) is 2. The Morgan fingerprint density at radius 1 is 1.25 bits per heavy atom. The van der Waals surface area contributed by atoms with Crippen molar-refractivity contribution >= 4 is 55.6 Å². The third-order valence-electron chi connectivity index (χ3n) is 3.79. The van der Waals surface area contributed by atoms with Crippen LogP contribution in [0.5, 0.6) is 5.75 Å². The number of carbonyl (C=O) groups excluding carboxylic acids is 1. The van der Waals surface area contributed by atoms with E-state index >= 15 is 0 Å². The Bertz CT molecular complexity index is 1000. The first-order chi connectivity index (χ1) is 13.5. The molecule has 0 spiro atoms. The van der Waals surface area contributed by atoms with Crippen molar-refractivity contribution in [3.05, 3.63) is 63.4 Å². The highest BCUT2D eigenvalue weighted by Gasteiger charge is 2.12. The third kappa shape index (κ3) is 5.15. The predicted octanol–water partition coefficient (Wildman–Crippen LogP) is 5.41. The Morgan fingerprint density at radius 2 is 2.00 bits per heavy atom. The maximum atomic E-state index is 12.4. The molecule has 2 N–H and O–H groups in total. The summed E-state index contributed by atoms with van der Waals surface area (Å²) in [5.74, 6) is 0.378. The molecular formula is C20H18BrN3O2S2. The number of amides is 1. The minimum Gasteiger partial charge on any atom is -0.493 e. The normalized spacial score (nSPS) is 10.4. The highest BCUT2D eigenvalue weighted by atomic mass is 79.9. The fourth-order valence-corrected chi connectivity index (χ4v) is 3.88. The minimum atomic E-state index is -0.309. The van der Waals surface area contributed by atoms with E-state index in [2.05, 4.69) is 31.5 Å². The van der Waals surface area contributed by atoms with Crippen LogP contribution < -0.4 is 15.4 Å². The van der Waals surface area contributed by atoms with Crippen molar-refractivity contribution in [1.82, 2.24) is 10.3 Å². The molecule has 0 bridgehead atoms. The topological polar surface area (TPSA) is 63.2 Å². The van der Waals surface area contributed by atoms with Crippen LogP contribution in [0.1, 0.15) is 22.8 Å². The van der Waals surface area contributed by atoms with Crippen LogP contribution in [-0.2, 0) is 0 Å². The fourth-order valence-electron chi connectivity index (χ4n) is 2.41. The van der Waals surface area contributed by atoms with E-state index < -0.39 is 0 Å². The van der Waals surface area contributed by atoms with E-state index in [9.17, 15) is 4.79 Å². The van der Waals surface area contributed by atoms with Gasteiger partial charge in [-0.05, 0) is 60.2 Å². The lowest BCUT2D eigenvalue weighted by Gasteiger charge is -2.09. The minimum absolute atomic E-state index is 0.194. The van der Waals surface area contributed by atoms with Gasteiger partial charge in [-0.25, -0.2) is 4.98 Å². The number of thiocarbonyl (C=S) groups is 1. The molecule has 5 nitrogen and oxygen atoms in total. The van der Waals surface area contributed by atoms with Gasteiger partial charge in [0.2, 0.25) is 0 Å². The molecular weight excluding hydrogens is 458 g/mol. The average Bonchev–Trinajstić information content (AvgIpc) is 3.12. The summed E-state index contributed by atoms with van der Waals surface area (Å²) >= 11 is 10.1. The summed E-state index contributed by atoms with van der Waals surface area (Å²) in [7, 11) is 0. The van der Waals surface area contributed by atoms with Gasteiger partial charge < -0.3 is 10.1 Å². The van der Waals surface area contributed by atoms with Crippen LogP contribution in [0.3, 0.4) is 0 Å². The second kappa shape index (κ2) is 9.27. The molecule has 3 rings (SSSR count). The number of carbonyl (C=O) groups is 1. The molecule has 1 amide bonds. The Labute approximate surface area is 181 Å². The molecule has 0 aliphatic rings. The van der Waals surface area contributed by atoms with Gasteiger partial charge in [-0.1, -0.05) is 29.8 Å². The summed E-state index contributed by atoms with van der Waals surface area (Å²) in [5.41, 5.74) is 3.56. The van der Waals surface area contributed by atoms with Crippen molar-refractivity contribution in [2.24, 2.45) is 0 Å². The van der Waals surface area contributed by atoms with Gasteiger partial charge in [0.05, 0.1) is 16.8 Å². The average molecular weight is 476 g/mol. The summed E-state index contributed by atoms with van der Waals surface area (Å²) < 4.78 is 6.16. The lowest BCUT2D eigenvalue weighted by Crippen LogP contribution is -2.34. The van der Waals surface area contributed by atoms with Gasteiger partial charge >= 0.3 is 0 Å². The zero-order valence-corrected chi connectivity index (χ0v) is 18.5. The molecule has 0 saturated carbocycles. The maximum absolute atomic E-state index is 12.4. The summed E-state index contributed by atoms with van der Waals surface area (Å²) in [6.45, 7) is 4.50. The van der Waals surface area contributed by atoms with Crippen molar-refractivity contribution in [2.75, 3.05) is 11.9 Å². The van der Waals surface area contributed by atoms with E-state index in [4.69, 9.17) is 17.0 Å². The van der Waals surface area contributed by atoms with E-state index in [1.54, 1.807) is 18.2 Å². The molecule has 0 saturated heterocycles. The molecule has 0 atom stereocenters. The van der Waals surface area contributed by atoms with Gasteiger partial charge in [0, 0.05) is 16.5 Å². The van der Waals surface area contributed by atoms with Crippen LogP contribution in [-0.4, -0.2) is 22.6 Å². The number of rotatable bonds is 5. The highest BCUT2D eigenvalue weighted by molar-refractivity contribution is 9.10. The maximum Gasteiger partial charge on any atom is 0.257 e. The van der Waals surface area contributed by atoms with E-state index in [1.165, 1.54) is 16.9 Å². The molecule has 28 heavy (non-hydrogen) atoms. The predicted molar refractivity (Wildman–Crippen MR) is 121 cm³/mol. The molecule has 1 heterocycles. The number of aromatic nitrogens is 1. The largest absolute Gasteiger partial charge is 0.493 e. The van der Waals surface area contributed by atoms with E-state index in [1.807, 2.05) is 43.5 Å². The van der Waals surface area contributed by atoms with Crippen LogP contribution in [0.25, 0.3) is 11.3 Å². The van der Waals surface area contributed by atoms with E-state index in [0.717, 1.165) is 11.3 Å². The van der Waals surface area contributed by atoms with E-state index in [0.29, 0.717) is 27.5 Å². The highest BCUT2D eigenvalue weighted by Crippen LogP contribution is 2.26. The van der Waals surface area contributed by atoms with Crippen LogP contribution in [0, 0.1) is 6.92 Å². The van der Waals surface area contributed by atoms with Gasteiger partial charge in [0.25, 0.3) is 5.91 Å². The zero-order valence-electron chi connectivity index (χ0n) is 15.3. The smallest absolute Gasteiger partial charge is 0.257 e. The molecule has 2 aromatic carbocycles. The molecule has 0 aliphatic carbocycles. The summed E-state index contributed by atoms with van der Waals surface area (Å²) in [5, 5.41) is 8.39. The first-order valence-electron chi connectivity index (χ1n) is 8.53. The number of anilines is 1. The SMILES string of the molecule is CCOc1ccc(C(=O)NC(=S)Nc2nc(-c3ccc(C)cc3)cs2)cc1Br. The quantitative estimate of drug-likeness (QED) is 0.483. The molecule has 0 unspecified atom stereocenters. The van der Waals surface area contributed by atoms with Crippen molar-refractivity contribution in [2.45, 2.75) is 13.8 Å². The summed E-state index contributed by atoms with van der Waals surface area (Å²) in [4.78, 5) is 16.9. The second-order valence-electron chi connectivity index (χ2n) is 5.89. The second-order valence-corrected chi connectivity index (χ2v) is 8.01. The van der Waals surface area contributed by atoms with Gasteiger partial charge in [0.1, 0.15) is 5.75 Å². The molecule has 8 heteroatoms. The number of hydrogen-bond donors (Lipinski definition) is 2. The van der Waals surface area contributed by atoms with Crippen LogP contribution in [0.2, 0.25) is 0 Å². The Morgan fingerprint density at radius 3 is 2.68 bits per heavy atom. The van der Waals surface area contributed by atoms with Crippen molar-refractivity contribution in [3.8, 4) is 17.0 Å². The number of benzene rings is 2. The third-order valence-corrected chi connectivity index (χ3v) is 5.37. The molecule has 0 radical (unpaired) electrons. The number of nitrogens with zero attached hydrogens (tertiary/aromatic N) is 1. The molecule has 0 aliphatic heterocycles. The lowest BCUT2D eigenvalue weighted by molar-refractivity contribution is 0.0977. The number of ether oxygens (including phenoxy) is 1. The number of hydrogen-bond acceptors (Lipinski definition) is 5. The first-order valence-corrected chi connectivity index (χ1v) is 10.6. The number of aryl methyl sites for hydroxylation is 1. The van der Waals surface area contributed by atoms with Gasteiger partial charge in [0.15, 0.2) is 10.2 Å². The Hall–Kier alpha value is -2.29. The van der Waals surface area contributed by atoms with Crippen LogP contribution in [0.4, 0.5) is 5.13 Å². The Kier molecular flexibility index (Phi) is 6.77. The lowest BCUT2D eigenvalue weighted by atomic mass is 10.1. The van der Waals surface area contributed by atoms with Gasteiger partial charge in [-0.2, -0.15) is 0 Å². The Balaban J connectivity index is 1.62. The first kappa shape index (κ1) is 20.4. The fraction of sp³-hybridized carbons (Fsp3) is 0.150. The van der Waals surface area contributed by atoms with Crippen LogP contribution >= 0.6 is 39.5 Å². The molecule has 144 valence electrons. The number of halogens is 1. The van der Waals surface area contributed by atoms with Crippen molar-refractivity contribution < 1.29 is 9.53 Å². The molecule has 3 aromatic rings. The van der Waals surface area contributed by atoms with E-state index in [-0.39, 0.29) is 11.0 Å². The summed E-state index contributed by atoms with van der Waals surface area (Å²) in [6, 6.07) is 13.3. The standard InChI is InChI=1S/C20H18BrN3O2S2/c1-3-26-17-9-8-14(10-15(17)21)18(25)23-19(27)24-20-22-16(11-28-20)13-6-4-12(2)5-7-13/h4-11H,3H2,1-2H3,(H2,22,23,24,25,27). The summed E-state index contributed by atoms with van der Waals surface area (Å²) in [6.07, 6.45) is 0. The van der Waals surface area contributed by atoms with Crippen molar-refractivity contribution in [1.29, 1.82) is 0 Å². The van der Waals surface area contributed by atoms with Crippen molar-refractivity contribution in [3.63, 3.8) is 0 Å². The van der Waals surface area contributed by atoms with Crippen LogP contribution in [0.15, 0.2) is 52.3 Å².